The molecule has 0 radical (unpaired) electrons. The van der Waals surface area contributed by atoms with Crippen LogP contribution in [0, 0.1) is 0 Å². The number of alkyl carbamates (subject to hydrolysis) is 1. The van der Waals surface area contributed by atoms with Gasteiger partial charge in [0.15, 0.2) is 5.96 Å². The molecule has 1 fully saturated rings. The third-order valence-electron chi connectivity index (χ3n) is 3.25. The van der Waals surface area contributed by atoms with Crippen LogP contribution in [0.1, 0.15) is 47.0 Å². The van der Waals surface area contributed by atoms with Crippen molar-refractivity contribution in [3.8, 4) is 0 Å². The number of nitrogens with one attached hydrogen (secondary N) is 3. The van der Waals surface area contributed by atoms with Crippen LogP contribution in [0.3, 0.4) is 0 Å². The summed E-state index contributed by atoms with van der Waals surface area (Å²) < 4.78 is 5.15. The number of hydrogen-bond acceptors (Lipinski definition) is 4. The van der Waals surface area contributed by atoms with Crippen LogP contribution < -0.4 is 16.0 Å². The Kier molecular flexibility index (Phi) is 9.83. The predicted molar refractivity (Wildman–Crippen MR) is 102 cm³/mol. The van der Waals surface area contributed by atoms with E-state index in [1.165, 1.54) is 0 Å². The van der Waals surface area contributed by atoms with Crippen LogP contribution in [0.2, 0.25) is 0 Å². The van der Waals surface area contributed by atoms with Crippen molar-refractivity contribution in [3.05, 3.63) is 0 Å². The number of carbonyl (C=O) groups excluding carboxylic acids is 1. The van der Waals surface area contributed by atoms with Crippen molar-refractivity contribution in [1.82, 2.24) is 16.0 Å². The molecule has 0 bridgehead atoms. The molecular weight excluding hydrogens is 411 g/mol. The first-order chi connectivity index (χ1) is 10.2. The molecule has 23 heavy (non-hydrogen) atoms. The lowest BCUT2D eigenvalue weighted by Crippen LogP contribution is -2.45. The van der Waals surface area contributed by atoms with Crippen molar-refractivity contribution in [2.75, 3.05) is 26.2 Å². The second-order valence-electron chi connectivity index (χ2n) is 6.63. The van der Waals surface area contributed by atoms with Crippen LogP contribution in [0.4, 0.5) is 4.79 Å². The van der Waals surface area contributed by atoms with Crippen molar-refractivity contribution in [3.63, 3.8) is 0 Å². The standard InChI is InChI=1S/C15H30N4O3.HI/c1-5-16-12(19-11-15(21)7-6-8-15)17-9-10-18-13(20)22-14(2,3)4;/h21H,5-11H2,1-4H3,(H,18,20)(H2,16,17,19);1H. The van der Waals surface area contributed by atoms with E-state index in [-0.39, 0.29) is 24.0 Å². The fraction of sp³-hybridized carbons (Fsp3) is 0.867. The van der Waals surface area contributed by atoms with Crippen LogP contribution in [0.5, 0.6) is 0 Å². The molecule has 8 heteroatoms. The molecule has 0 heterocycles. The second-order valence-corrected chi connectivity index (χ2v) is 6.63. The number of guanidine groups is 1. The van der Waals surface area contributed by atoms with E-state index in [2.05, 4.69) is 20.9 Å². The van der Waals surface area contributed by atoms with Gasteiger partial charge in [-0.15, -0.1) is 24.0 Å². The summed E-state index contributed by atoms with van der Waals surface area (Å²) in [7, 11) is 0. The molecule has 4 N–H and O–H groups in total. The minimum absolute atomic E-state index is 0. The third kappa shape index (κ3) is 9.85. The van der Waals surface area contributed by atoms with E-state index in [1.807, 2.05) is 27.7 Å². The number of ether oxygens (including phenoxy) is 1. The Bertz CT molecular complexity index is 393. The molecule has 0 aromatic heterocycles. The van der Waals surface area contributed by atoms with Gasteiger partial charge in [-0.05, 0) is 47.0 Å². The summed E-state index contributed by atoms with van der Waals surface area (Å²) in [5.41, 5.74) is -1.12. The lowest BCUT2D eigenvalue weighted by atomic mass is 9.80. The number of aliphatic imine (C=N–C) groups is 1. The zero-order valence-corrected chi connectivity index (χ0v) is 16.9. The Morgan fingerprint density at radius 2 is 1.83 bits per heavy atom. The van der Waals surface area contributed by atoms with Gasteiger partial charge in [-0.2, -0.15) is 0 Å². The Balaban J connectivity index is 0.00000484. The van der Waals surface area contributed by atoms with Gasteiger partial charge in [0.2, 0.25) is 0 Å². The summed E-state index contributed by atoms with van der Waals surface area (Å²) >= 11 is 0. The van der Waals surface area contributed by atoms with E-state index in [0.717, 1.165) is 25.8 Å². The van der Waals surface area contributed by atoms with Gasteiger partial charge in [-0.25, -0.2) is 4.79 Å². The highest BCUT2D eigenvalue weighted by Crippen LogP contribution is 2.31. The fourth-order valence-electron chi connectivity index (χ4n) is 1.97. The highest BCUT2D eigenvalue weighted by atomic mass is 127. The highest BCUT2D eigenvalue weighted by molar-refractivity contribution is 14.0. The number of hydrogen-bond donors (Lipinski definition) is 4. The van der Waals surface area contributed by atoms with Gasteiger partial charge in [-0.3, -0.25) is 4.99 Å². The lowest BCUT2D eigenvalue weighted by Gasteiger charge is -2.35. The Labute approximate surface area is 156 Å². The van der Waals surface area contributed by atoms with Crippen LogP contribution >= 0.6 is 24.0 Å². The summed E-state index contributed by atoms with van der Waals surface area (Å²) in [6, 6.07) is 0. The van der Waals surface area contributed by atoms with Crippen LogP contribution in [0.25, 0.3) is 0 Å². The second kappa shape index (κ2) is 10.2. The van der Waals surface area contributed by atoms with Gasteiger partial charge >= 0.3 is 6.09 Å². The first-order valence-electron chi connectivity index (χ1n) is 7.95. The minimum Gasteiger partial charge on any atom is -0.444 e. The number of amides is 1. The first-order valence-corrected chi connectivity index (χ1v) is 7.95. The van der Waals surface area contributed by atoms with Crippen LogP contribution in [0.15, 0.2) is 4.99 Å². The minimum atomic E-state index is -0.628. The van der Waals surface area contributed by atoms with Gasteiger partial charge in [-0.1, -0.05) is 0 Å². The molecular formula is C15H31IN4O3. The number of rotatable bonds is 6. The maximum atomic E-state index is 11.5. The first kappa shape index (κ1) is 22.2. The zero-order chi connectivity index (χ0) is 16.6. The smallest absolute Gasteiger partial charge is 0.407 e. The average Bonchev–Trinajstić information content (AvgIpc) is 2.36. The molecule has 0 atom stereocenters. The SMILES string of the molecule is CCNC(=NCC1(O)CCC1)NCCNC(=O)OC(C)(C)C.I. The molecule has 1 amide bonds. The van der Waals surface area contributed by atoms with Crippen LogP contribution in [-0.4, -0.2) is 54.5 Å². The number of aliphatic hydroxyl groups is 1. The van der Waals surface area contributed by atoms with Crippen molar-refractivity contribution >= 4 is 36.0 Å². The van der Waals surface area contributed by atoms with Crippen molar-refractivity contribution in [1.29, 1.82) is 0 Å². The average molecular weight is 442 g/mol. The van der Waals surface area contributed by atoms with Crippen molar-refractivity contribution in [2.24, 2.45) is 4.99 Å². The fourth-order valence-corrected chi connectivity index (χ4v) is 1.97. The van der Waals surface area contributed by atoms with Gasteiger partial charge < -0.3 is 25.8 Å². The number of nitrogens with zero attached hydrogens (tertiary/aromatic N) is 1. The molecule has 1 rings (SSSR count). The van der Waals surface area contributed by atoms with Crippen LogP contribution in [-0.2, 0) is 4.74 Å². The number of halogens is 1. The molecule has 1 saturated carbocycles. The molecule has 0 aromatic rings. The van der Waals surface area contributed by atoms with E-state index in [1.54, 1.807) is 0 Å². The molecule has 0 aromatic carbocycles. The van der Waals surface area contributed by atoms with Gasteiger partial charge in [0.25, 0.3) is 0 Å². The quantitative estimate of drug-likeness (QED) is 0.217. The molecule has 0 aliphatic heterocycles. The lowest BCUT2D eigenvalue weighted by molar-refractivity contribution is -0.0236. The summed E-state index contributed by atoms with van der Waals surface area (Å²) in [4.78, 5) is 15.9. The molecule has 0 spiro atoms. The number of carbonyl (C=O) groups is 1. The predicted octanol–water partition coefficient (Wildman–Crippen LogP) is 1.60. The highest BCUT2D eigenvalue weighted by Gasteiger charge is 2.34. The zero-order valence-electron chi connectivity index (χ0n) is 14.6. The topological polar surface area (TPSA) is 95.0 Å². The van der Waals surface area contributed by atoms with E-state index in [4.69, 9.17) is 4.74 Å². The monoisotopic (exact) mass is 442 g/mol. The molecule has 0 saturated heterocycles. The molecule has 1 aliphatic carbocycles. The largest absolute Gasteiger partial charge is 0.444 e. The van der Waals surface area contributed by atoms with Crippen molar-refractivity contribution < 1.29 is 14.6 Å². The third-order valence-corrected chi connectivity index (χ3v) is 3.25. The van der Waals surface area contributed by atoms with Gasteiger partial charge in [0.1, 0.15) is 5.60 Å². The van der Waals surface area contributed by atoms with Gasteiger partial charge in [0, 0.05) is 19.6 Å². The molecule has 0 unspecified atom stereocenters. The molecule has 136 valence electrons. The normalized spacial score (nSPS) is 16.7. The summed E-state index contributed by atoms with van der Waals surface area (Å²) in [5, 5.41) is 18.9. The van der Waals surface area contributed by atoms with E-state index < -0.39 is 17.3 Å². The Morgan fingerprint density at radius 1 is 1.22 bits per heavy atom. The Hall–Kier alpha value is -0.770. The summed E-state index contributed by atoms with van der Waals surface area (Å²) in [5.74, 6) is 0.647. The van der Waals surface area contributed by atoms with Gasteiger partial charge in [0.05, 0.1) is 12.1 Å². The molecule has 7 nitrogen and oxygen atoms in total. The van der Waals surface area contributed by atoms with E-state index in [9.17, 15) is 9.90 Å². The van der Waals surface area contributed by atoms with Crippen molar-refractivity contribution in [2.45, 2.75) is 58.2 Å². The van der Waals surface area contributed by atoms with E-state index >= 15 is 0 Å². The Morgan fingerprint density at radius 3 is 2.30 bits per heavy atom. The van der Waals surface area contributed by atoms with E-state index in [0.29, 0.717) is 25.6 Å². The molecule has 1 aliphatic rings. The maximum Gasteiger partial charge on any atom is 0.407 e. The summed E-state index contributed by atoms with van der Waals surface area (Å²) in [6.07, 6.45) is 2.27. The maximum absolute atomic E-state index is 11.5. The summed E-state index contributed by atoms with van der Waals surface area (Å²) in [6.45, 7) is 9.57.